The highest BCUT2D eigenvalue weighted by atomic mass is 19.1. The lowest BCUT2D eigenvalue weighted by molar-refractivity contribution is 0.0955. The van der Waals surface area contributed by atoms with E-state index >= 15 is 0 Å². The van der Waals surface area contributed by atoms with Crippen LogP contribution in [0.25, 0.3) is 5.65 Å². The Kier molecular flexibility index (Phi) is 7.33. The molecule has 0 spiro atoms. The molecule has 2 heterocycles. The molecule has 4 rings (SSSR count). The zero-order chi connectivity index (χ0) is 24.9. The Bertz CT molecular complexity index is 1310. The first kappa shape index (κ1) is 24.3. The lowest BCUT2D eigenvalue weighted by atomic mass is 9.99. The van der Waals surface area contributed by atoms with Gasteiger partial charge < -0.3 is 19.5 Å². The fourth-order valence-corrected chi connectivity index (χ4v) is 4.25. The second-order valence-electron chi connectivity index (χ2n) is 8.25. The molecule has 0 atom stereocenters. The molecule has 1 aliphatic carbocycles. The van der Waals surface area contributed by atoms with Gasteiger partial charge in [-0.05, 0) is 37.5 Å². The van der Waals surface area contributed by atoms with E-state index in [-0.39, 0.29) is 11.7 Å². The van der Waals surface area contributed by atoms with Gasteiger partial charge in [0.05, 0.1) is 27.5 Å². The summed E-state index contributed by atoms with van der Waals surface area (Å²) < 4.78 is 32.1. The van der Waals surface area contributed by atoms with Crippen molar-refractivity contribution in [3.05, 3.63) is 81.8 Å². The highest BCUT2D eigenvalue weighted by Gasteiger charge is 2.22. The first-order chi connectivity index (χ1) is 17.0. The third-order valence-corrected chi connectivity index (χ3v) is 6.15. The van der Waals surface area contributed by atoms with E-state index in [1.54, 1.807) is 32.4 Å². The smallest absolute Gasteiger partial charge is 0.256 e. The summed E-state index contributed by atoms with van der Waals surface area (Å²) in [5.41, 5.74) is 3.80. The second kappa shape index (κ2) is 10.6. The summed E-state index contributed by atoms with van der Waals surface area (Å²) in [5, 5.41) is 7.29. The normalized spacial score (nSPS) is 13.6. The van der Waals surface area contributed by atoms with Gasteiger partial charge in [0.2, 0.25) is 5.88 Å². The number of hydrogen-bond acceptors (Lipinski definition) is 6. The first-order valence-corrected chi connectivity index (χ1v) is 11.4. The number of carbonyl (C=O) groups excluding carboxylic acids is 1. The fraction of sp³-hybridized carbons (Fsp3) is 0.346. The third kappa shape index (κ3) is 4.99. The number of hydrogen-bond donors (Lipinski definition) is 1. The van der Waals surface area contributed by atoms with Gasteiger partial charge in [0.25, 0.3) is 5.91 Å². The number of allylic oxidation sites excluding steroid dienone is 2. The minimum Gasteiger partial charge on any atom is -0.497 e. The zero-order valence-electron chi connectivity index (χ0n) is 20.4. The van der Waals surface area contributed by atoms with Crippen LogP contribution in [0, 0.1) is 12.7 Å². The monoisotopic (exact) mass is 480 g/mol. The summed E-state index contributed by atoms with van der Waals surface area (Å²) in [7, 11) is 4.78. The molecule has 2 aromatic heterocycles. The number of nitrogens with one attached hydrogen (secondary N) is 1. The lowest BCUT2D eigenvalue weighted by Gasteiger charge is -2.18. The number of aryl methyl sites for hydroxylation is 1. The van der Waals surface area contributed by atoms with Crippen LogP contribution < -0.4 is 10.1 Å². The SMILES string of the molecule is COC1=C(OC)CCC(CCNC(=O)c2cnn3c(OC)c(Cc4ccccc4F)c(C)nc23)=C1. The Morgan fingerprint density at radius 2 is 1.94 bits per heavy atom. The van der Waals surface area contributed by atoms with Crippen LogP contribution in [0.2, 0.25) is 0 Å². The van der Waals surface area contributed by atoms with Gasteiger partial charge in [-0.25, -0.2) is 9.37 Å². The molecule has 0 fully saturated rings. The lowest BCUT2D eigenvalue weighted by Crippen LogP contribution is -2.25. The topological polar surface area (TPSA) is 87.0 Å². The molecule has 1 amide bonds. The number of benzene rings is 1. The molecule has 184 valence electrons. The molecule has 0 unspecified atom stereocenters. The van der Waals surface area contributed by atoms with E-state index in [1.165, 1.54) is 29.5 Å². The molecule has 3 aromatic rings. The van der Waals surface area contributed by atoms with Crippen molar-refractivity contribution in [2.24, 2.45) is 0 Å². The number of rotatable bonds is 9. The Labute approximate surface area is 203 Å². The van der Waals surface area contributed by atoms with E-state index in [2.05, 4.69) is 15.4 Å². The predicted molar refractivity (Wildman–Crippen MR) is 129 cm³/mol. The molecule has 1 aromatic carbocycles. The van der Waals surface area contributed by atoms with Gasteiger partial charge in [0.15, 0.2) is 11.4 Å². The minimum atomic E-state index is -0.297. The van der Waals surface area contributed by atoms with Gasteiger partial charge >= 0.3 is 0 Å². The number of nitrogens with zero attached hydrogens (tertiary/aromatic N) is 3. The maximum Gasteiger partial charge on any atom is 0.256 e. The summed E-state index contributed by atoms with van der Waals surface area (Å²) in [6.45, 7) is 2.28. The van der Waals surface area contributed by atoms with Gasteiger partial charge in [0.1, 0.15) is 17.1 Å². The van der Waals surface area contributed by atoms with E-state index in [0.29, 0.717) is 53.3 Å². The number of methoxy groups -OCH3 is 3. The van der Waals surface area contributed by atoms with Gasteiger partial charge in [0, 0.05) is 30.6 Å². The van der Waals surface area contributed by atoms with Crippen LogP contribution in [-0.2, 0) is 15.9 Å². The number of aromatic nitrogens is 3. The maximum absolute atomic E-state index is 14.2. The molecule has 0 radical (unpaired) electrons. The standard InChI is InChI=1S/C26H29FN4O4/c1-16-19(14-18-7-5-6-8-21(18)27)26(35-4)31-24(30-16)20(15-29-31)25(32)28-12-11-17-9-10-22(33-2)23(13-17)34-3/h5-8,13,15H,9-12,14H2,1-4H3,(H,28,32). The largest absolute Gasteiger partial charge is 0.497 e. The van der Waals surface area contributed by atoms with Crippen LogP contribution in [0.1, 0.15) is 46.4 Å². The van der Waals surface area contributed by atoms with Crippen molar-refractivity contribution in [3.8, 4) is 5.88 Å². The van der Waals surface area contributed by atoms with E-state index in [0.717, 1.165) is 24.4 Å². The molecule has 9 heteroatoms. The molecule has 1 aliphatic rings. The molecule has 0 bridgehead atoms. The van der Waals surface area contributed by atoms with Gasteiger partial charge in [-0.1, -0.05) is 23.8 Å². The van der Waals surface area contributed by atoms with Crippen LogP contribution in [0.4, 0.5) is 4.39 Å². The molecule has 1 N–H and O–H groups in total. The first-order valence-electron chi connectivity index (χ1n) is 11.4. The fourth-order valence-electron chi connectivity index (χ4n) is 4.25. The number of halogens is 1. The Hall–Kier alpha value is -3.88. The summed E-state index contributed by atoms with van der Waals surface area (Å²) >= 11 is 0. The van der Waals surface area contributed by atoms with Crippen LogP contribution in [0.5, 0.6) is 5.88 Å². The highest BCUT2D eigenvalue weighted by Crippen LogP contribution is 2.28. The van der Waals surface area contributed by atoms with Crippen molar-refractivity contribution in [3.63, 3.8) is 0 Å². The average Bonchev–Trinajstić information content (AvgIpc) is 3.28. The van der Waals surface area contributed by atoms with E-state index in [1.807, 2.05) is 13.0 Å². The maximum atomic E-state index is 14.2. The molecule has 0 saturated carbocycles. The summed E-state index contributed by atoms with van der Waals surface area (Å²) in [4.78, 5) is 17.6. The van der Waals surface area contributed by atoms with Gasteiger partial charge in [-0.2, -0.15) is 9.61 Å². The predicted octanol–water partition coefficient (Wildman–Crippen LogP) is 4.12. The zero-order valence-corrected chi connectivity index (χ0v) is 20.4. The van der Waals surface area contributed by atoms with Gasteiger partial charge in [-0.15, -0.1) is 0 Å². The minimum absolute atomic E-state index is 0.271. The van der Waals surface area contributed by atoms with Crippen molar-refractivity contribution in [1.29, 1.82) is 0 Å². The Balaban J connectivity index is 1.52. The number of ether oxygens (including phenoxy) is 3. The summed E-state index contributed by atoms with van der Waals surface area (Å²) in [6.07, 6.45) is 6.05. The van der Waals surface area contributed by atoms with E-state index in [9.17, 15) is 9.18 Å². The third-order valence-electron chi connectivity index (χ3n) is 6.15. The number of fused-ring (bicyclic) bond motifs is 1. The summed E-state index contributed by atoms with van der Waals surface area (Å²) in [6, 6.07) is 6.58. The molecule has 35 heavy (non-hydrogen) atoms. The average molecular weight is 481 g/mol. The molecule has 0 aliphatic heterocycles. The molecule has 8 nitrogen and oxygen atoms in total. The van der Waals surface area contributed by atoms with Crippen molar-refractivity contribution in [2.75, 3.05) is 27.9 Å². The van der Waals surface area contributed by atoms with Crippen LogP contribution in [0.15, 0.2) is 53.6 Å². The van der Waals surface area contributed by atoms with Crippen molar-refractivity contribution in [2.45, 2.75) is 32.6 Å². The van der Waals surface area contributed by atoms with E-state index < -0.39 is 0 Å². The van der Waals surface area contributed by atoms with Crippen LogP contribution in [0.3, 0.4) is 0 Å². The molecular weight excluding hydrogens is 451 g/mol. The molecule has 0 saturated heterocycles. The Morgan fingerprint density at radius 3 is 2.66 bits per heavy atom. The van der Waals surface area contributed by atoms with Crippen molar-refractivity contribution >= 4 is 11.6 Å². The number of amides is 1. The number of carbonyl (C=O) groups is 1. The summed E-state index contributed by atoms with van der Waals surface area (Å²) in [5.74, 6) is 1.41. The van der Waals surface area contributed by atoms with E-state index in [4.69, 9.17) is 14.2 Å². The van der Waals surface area contributed by atoms with Crippen molar-refractivity contribution < 1.29 is 23.4 Å². The quantitative estimate of drug-likeness (QED) is 0.496. The Morgan fingerprint density at radius 1 is 1.14 bits per heavy atom. The van der Waals surface area contributed by atoms with Crippen molar-refractivity contribution in [1.82, 2.24) is 19.9 Å². The van der Waals surface area contributed by atoms with Crippen LogP contribution >= 0.6 is 0 Å². The molecular formula is C26H29FN4O4. The highest BCUT2D eigenvalue weighted by molar-refractivity contribution is 5.99. The van der Waals surface area contributed by atoms with Crippen LogP contribution in [-0.4, -0.2) is 48.4 Å². The second-order valence-corrected chi connectivity index (χ2v) is 8.25. The van der Waals surface area contributed by atoms with Gasteiger partial charge in [-0.3, -0.25) is 4.79 Å².